The lowest BCUT2D eigenvalue weighted by Gasteiger charge is -2.26. The first-order chi connectivity index (χ1) is 18.4. The average molecular weight is 528 g/mol. The maximum absolute atomic E-state index is 13.3. The number of halogens is 1. The predicted molar refractivity (Wildman–Crippen MR) is 149 cm³/mol. The van der Waals surface area contributed by atoms with E-state index < -0.39 is 11.9 Å². The Balaban J connectivity index is 1.42. The molecule has 38 heavy (non-hydrogen) atoms. The molecule has 0 radical (unpaired) electrons. The van der Waals surface area contributed by atoms with Crippen LogP contribution in [0.1, 0.15) is 65.8 Å². The highest BCUT2D eigenvalue weighted by molar-refractivity contribution is 6.30. The summed E-state index contributed by atoms with van der Waals surface area (Å²) in [7, 11) is 0. The molecule has 0 fully saturated rings. The molecule has 5 rings (SSSR count). The first-order valence-electron chi connectivity index (χ1n) is 13.1. The number of hydrogen-bond acceptors (Lipinski definition) is 4. The maximum Gasteiger partial charge on any atom is 0.306 e. The van der Waals surface area contributed by atoms with Crippen molar-refractivity contribution in [2.24, 2.45) is 5.92 Å². The summed E-state index contributed by atoms with van der Waals surface area (Å²) < 4.78 is 0. The Bertz CT molecular complexity index is 1490. The minimum Gasteiger partial charge on any atom is -0.481 e. The number of benzene rings is 3. The van der Waals surface area contributed by atoms with E-state index in [1.165, 1.54) is 5.56 Å². The Morgan fingerprint density at radius 2 is 1.87 bits per heavy atom. The van der Waals surface area contributed by atoms with Gasteiger partial charge in [0.05, 0.1) is 34.4 Å². The lowest BCUT2D eigenvalue weighted by molar-refractivity contribution is -0.141. The van der Waals surface area contributed by atoms with Crippen LogP contribution in [0.2, 0.25) is 5.02 Å². The van der Waals surface area contributed by atoms with Crippen molar-refractivity contribution < 1.29 is 14.7 Å². The van der Waals surface area contributed by atoms with E-state index in [0.717, 1.165) is 41.8 Å². The number of aryl methyl sites for hydroxylation is 2. The zero-order valence-electron chi connectivity index (χ0n) is 21.3. The number of carbonyl (C=O) groups is 2. The zero-order valence-corrected chi connectivity index (χ0v) is 22.0. The summed E-state index contributed by atoms with van der Waals surface area (Å²) in [4.78, 5) is 34.4. The maximum atomic E-state index is 13.3. The van der Waals surface area contributed by atoms with Crippen molar-refractivity contribution in [3.8, 4) is 11.3 Å². The highest BCUT2D eigenvalue weighted by Gasteiger charge is 2.23. The van der Waals surface area contributed by atoms with Crippen molar-refractivity contribution >= 4 is 34.5 Å². The first kappa shape index (κ1) is 25.9. The van der Waals surface area contributed by atoms with Gasteiger partial charge in [-0.25, -0.2) is 9.97 Å². The number of aliphatic carboxylic acids is 1. The molecule has 7 heteroatoms. The van der Waals surface area contributed by atoms with Gasteiger partial charge in [0.25, 0.3) is 5.91 Å². The number of rotatable bonds is 8. The van der Waals surface area contributed by atoms with Crippen molar-refractivity contribution in [3.05, 3.63) is 94.1 Å². The molecule has 4 aromatic rings. The Hall–Kier alpha value is -3.77. The van der Waals surface area contributed by atoms with Crippen molar-refractivity contribution in [1.29, 1.82) is 0 Å². The van der Waals surface area contributed by atoms with E-state index >= 15 is 0 Å². The number of nitrogens with zero attached hydrogens (tertiary/aromatic N) is 2. The molecule has 1 unspecified atom stereocenters. The van der Waals surface area contributed by atoms with Crippen molar-refractivity contribution in [2.75, 3.05) is 0 Å². The van der Waals surface area contributed by atoms with Crippen molar-refractivity contribution in [1.82, 2.24) is 15.3 Å². The second kappa shape index (κ2) is 11.3. The normalized spacial score (nSPS) is 15.6. The summed E-state index contributed by atoms with van der Waals surface area (Å²) in [5.41, 5.74) is 6.75. The Labute approximate surface area is 227 Å². The van der Waals surface area contributed by atoms with Gasteiger partial charge in [0.15, 0.2) is 0 Å². The topological polar surface area (TPSA) is 92.2 Å². The number of carboxylic acid groups (broad SMARTS) is 1. The lowest BCUT2D eigenvalue weighted by atomic mass is 9.87. The number of hydrogen-bond donors (Lipinski definition) is 2. The summed E-state index contributed by atoms with van der Waals surface area (Å²) in [6.07, 6.45) is 4.67. The van der Waals surface area contributed by atoms with Crippen LogP contribution in [0.4, 0.5) is 0 Å². The predicted octanol–water partition coefficient (Wildman–Crippen LogP) is 6.80. The Kier molecular flexibility index (Phi) is 7.70. The van der Waals surface area contributed by atoms with Crippen LogP contribution in [0, 0.1) is 5.92 Å². The second-order valence-corrected chi connectivity index (χ2v) is 10.4. The molecule has 1 amide bonds. The van der Waals surface area contributed by atoms with E-state index in [9.17, 15) is 14.7 Å². The van der Waals surface area contributed by atoms with E-state index in [0.29, 0.717) is 40.9 Å². The van der Waals surface area contributed by atoms with Gasteiger partial charge >= 0.3 is 5.97 Å². The van der Waals surface area contributed by atoms with E-state index in [-0.39, 0.29) is 11.9 Å². The second-order valence-electron chi connectivity index (χ2n) is 9.98. The monoisotopic (exact) mass is 527 g/mol. The molecule has 6 nitrogen and oxygen atoms in total. The largest absolute Gasteiger partial charge is 0.481 e. The molecular weight excluding hydrogens is 498 g/mol. The van der Waals surface area contributed by atoms with Crippen LogP contribution >= 0.6 is 11.6 Å². The minimum absolute atomic E-state index is 0.0578. The minimum atomic E-state index is -0.794. The molecule has 0 bridgehead atoms. The molecule has 0 aliphatic heterocycles. The molecule has 2 atom stereocenters. The molecule has 194 valence electrons. The van der Waals surface area contributed by atoms with Crippen LogP contribution in [0.3, 0.4) is 0 Å². The summed E-state index contributed by atoms with van der Waals surface area (Å²) in [6.45, 7) is 1.72. The SMILES string of the molecule is CC(CCCc1nc2cc(C(=O)N[C@@H]3CCCc4cc(Cl)ccc43)ccc2nc1-c1ccccc1)C(=O)O. The molecule has 1 aliphatic rings. The number of carboxylic acids is 1. The third-order valence-corrected chi connectivity index (χ3v) is 7.48. The highest BCUT2D eigenvalue weighted by atomic mass is 35.5. The van der Waals surface area contributed by atoms with Gasteiger partial charge in [-0.15, -0.1) is 0 Å². The summed E-state index contributed by atoms with van der Waals surface area (Å²) in [6, 6.07) is 21.1. The van der Waals surface area contributed by atoms with E-state index in [1.54, 1.807) is 19.1 Å². The van der Waals surface area contributed by atoms with Gasteiger partial charge in [-0.05, 0) is 80.0 Å². The van der Waals surface area contributed by atoms with E-state index in [1.807, 2.05) is 54.6 Å². The molecule has 1 heterocycles. The molecule has 2 N–H and O–H groups in total. The number of amides is 1. The molecule has 1 aliphatic carbocycles. The number of carbonyl (C=O) groups excluding carboxylic acids is 1. The Morgan fingerprint density at radius 1 is 1.05 bits per heavy atom. The molecular formula is C31H30ClN3O3. The smallest absolute Gasteiger partial charge is 0.306 e. The van der Waals surface area contributed by atoms with Gasteiger partial charge in [0, 0.05) is 16.1 Å². The quantitative estimate of drug-likeness (QED) is 0.263. The van der Waals surface area contributed by atoms with Crippen LogP contribution < -0.4 is 5.32 Å². The number of nitrogens with one attached hydrogen (secondary N) is 1. The summed E-state index contributed by atoms with van der Waals surface area (Å²) in [5, 5.41) is 13.2. The van der Waals surface area contributed by atoms with E-state index in [2.05, 4.69) is 5.32 Å². The van der Waals surface area contributed by atoms with Gasteiger partial charge in [-0.1, -0.05) is 54.9 Å². The third-order valence-electron chi connectivity index (χ3n) is 7.24. The number of aromatic nitrogens is 2. The third kappa shape index (κ3) is 5.70. The van der Waals surface area contributed by atoms with Crippen LogP contribution in [0.15, 0.2) is 66.7 Å². The first-order valence-corrected chi connectivity index (χ1v) is 13.4. The van der Waals surface area contributed by atoms with Crippen molar-refractivity contribution in [3.63, 3.8) is 0 Å². The fourth-order valence-electron chi connectivity index (χ4n) is 5.11. The fourth-order valence-corrected chi connectivity index (χ4v) is 5.30. The molecule has 0 spiro atoms. The van der Waals surface area contributed by atoms with Gasteiger partial charge < -0.3 is 10.4 Å². The molecule has 0 saturated carbocycles. The fraction of sp³-hybridized carbons (Fsp3) is 0.290. The van der Waals surface area contributed by atoms with Crippen LogP contribution in [0.25, 0.3) is 22.3 Å². The summed E-state index contributed by atoms with van der Waals surface area (Å²) >= 11 is 6.18. The highest BCUT2D eigenvalue weighted by Crippen LogP contribution is 2.32. The van der Waals surface area contributed by atoms with E-state index in [4.69, 9.17) is 21.6 Å². The van der Waals surface area contributed by atoms with Crippen LogP contribution in [0.5, 0.6) is 0 Å². The van der Waals surface area contributed by atoms with Gasteiger partial charge in [0.1, 0.15) is 0 Å². The van der Waals surface area contributed by atoms with Crippen LogP contribution in [-0.2, 0) is 17.6 Å². The molecule has 0 saturated heterocycles. The lowest BCUT2D eigenvalue weighted by Crippen LogP contribution is -2.31. The molecule has 1 aromatic heterocycles. The number of fused-ring (bicyclic) bond motifs is 2. The Morgan fingerprint density at radius 3 is 2.66 bits per heavy atom. The zero-order chi connectivity index (χ0) is 26.6. The van der Waals surface area contributed by atoms with Gasteiger partial charge in [-0.3, -0.25) is 9.59 Å². The average Bonchev–Trinajstić information content (AvgIpc) is 2.92. The molecule has 3 aromatic carbocycles. The van der Waals surface area contributed by atoms with Crippen LogP contribution in [-0.4, -0.2) is 27.0 Å². The standard InChI is InChI=1S/C31H30ClN3O3/c1-19(31(37)38)7-5-12-27-29(20-8-3-2-4-9-20)34-26-16-13-22(18-28(26)33-27)30(36)35-25-11-6-10-21-17-23(32)14-15-24(21)25/h2-4,8-9,13-19,25H,5-7,10-12H2,1H3,(H,35,36)(H,37,38)/t19?,25-/m1/s1. The van der Waals surface area contributed by atoms with Gasteiger partial charge in [-0.2, -0.15) is 0 Å². The van der Waals surface area contributed by atoms with Gasteiger partial charge in [0.2, 0.25) is 0 Å². The summed E-state index contributed by atoms with van der Waals surface area (Å²) in [5.74, 6) is -1.36. The van der Waals surface area contributed by atoms with Crippen molar-refractivity contribution in [2.45, 2.75) is 51.5 Å².